The van der Waals surface area contributed by atoms with Crippen molar-refractivity contribution in [1.82, 2.24) is 5.32 Å². The second kappa shape index (κ2) is 7.99. The van der Waals surface area contributed by atoms with Crippen LogP contribution in [0.15, 0.2) is 72.8 Å². The highest BCUT2D eigenvalue weighted by molar-refractivity contribution is 6.18. The summed E-state index contributed by atoms with van der Waals surface area (Å²) in [5.74, 6) is -0.839. The molecule has 0 aliphatic rings. The lowest BCUT2D eigenvalue weighted by Crippen LogP contribution is -2.46. The van der Waals surface area contributed by atoms with Crippen LogP contribution in [0.2, 0.25) is 0 Å². The summed E-state index contributed by atoms with van der Waals surface area (Å²) >= 11 is 0. The molecule has 0 spiro atoms. The summed E-state index contributed by atoms with van der Waals surface area (Å²) in [5, 5.41) is 6.57. The van der Waals surface area contributed by atoms with Crippen molar-refractivity contribution in [2.75, 3.05) is 0 Å². The molecule has 0 unspecified atom stereocenters. The Kier molecular flexibility index (Phi) is 5.23. The zero-order chi connectivity index (χ0) is 21.3. The molecule has 4 heteroatoms. The second-order valence-corrected chi connectivity index (χ2v) is 7.70. The van der Waals surface area contributed by atoms with Crippen LogP contribution < -0.4 is 11.1 Å². The molecule has 0 saturated carbocycles. The van der Waals surface area contributed by atoms with Gasteiger partial charge in [-0.3, -0.25) is 9.59 Å². The third-order valence-corrected chi connectivity index (χ3v) is 5.70. The minimum Gasteiger partial charge on any atom is -0.368 e. The van der Waals surface area contributed by atoms with Gasteiger partial charge < -0.3 is 11.1 Å². The van der Waals surface area contributed by atoms with Crippen LogP contribution in [-0.2, 0) is 11.2 Å². The van der Waals surface area contributed by atoms with E-state index in [0.29, 0.717) is 12.0 Å². The fourth-order valence-electron chi connectivity index (χ4n) is 4.09. The molecule has 0 saturated heterocycles. The van der Waals surface area contributed by atoms with E-state index >= 15 is 0 Å². The average Bonchev–Trinajstić information content (AvgIpc) is 2.73. The molecule has 4 aromatic rings. The maximum Gasteiger partial charge on any atom is 0.253 e. The Morgan fingerprint density at radius 1 is 0.833 bits per heavy atom. The van der Waals surface area contributed by atoms with Gasteiger partial charge >= 0.3 is 0 Å². The Hall–Kier alpha value is -3.66. The molecule has 150 valence electrons. The van der Waals surface area contributed by atoms with Gasteiger partial charge in [-0.2, -0.15) is 0 Å². The van der Waals surface area contributed by atoms with Crippen LogP contribution in [-0.4, -0.2) is 17.9 Å². The van der Waals surface area contributed by atoms with Crippen LogP contribution >= 0.6 is 0 Å². The lowest BCUT2D eigenvalue weighted by atomic mass is 9.94. The predicted octanol–water partition coefficient (Wildman–Crippen LogP) is 4.44. The van der Waals surface area contributed by atoms with E-state index in [4.69, 9.17) is 5.73 Å². The minimum absolute atomic E-state index is 0.293. The fraction of sp³-hybridized carbons (Fsp3) is 0.154. The highest BCUT2D eigenvalue weighted by atomic mass is 16.2. The van der Waals surface area contributed by atoms with E-state index in [1.54, 1.807) is 0 Å². The highest BCUT2D eigenvalue weighted by Gasteiger charge is 2.23. The van der Waals surface area contributed by atoms with Crippen LogP contribution in [0, 0.1) is 13.8 Å². The quantitative estimate of drug-likeness (QED) is 0.490. The van der Waals surface area contributed by atoms with Gasteiger partial charge in [-0.05, 0) is 58.1 Å². The molecule has 4 rings (SSSR count). The molecule has 3 N–H and O–H groups in total. The Morgan fingerprint density at radius 3 is 1.90 bits per heavy atom. The first kappa shape index (κ1) is 19.6. The maximum absolute atomic E-state index is 13.4. The number of primary amides is 1. The first-order valence-electron chi connectivity index (χ1n) is 10.0. The van der Waals surface area contributed by atoms with Gasteiger partial charge in [0.25, 0.3) is 5.91 Å². The molecule has 0 aromatic heterocycles. The van der Waals surface area contributed by atoms with Crippen molar-refractivity contribution in [2.24, 2.45) is 5.73 Å². The number of carbonyl (C=O) groups is 2. The standard InChI is InChI=1S/C26H24N2O2/c1-16-8-7-9-17(2)22(16)15-23(25(27)29)28-26(30)24-20-12-5-3-10-18(20)14-19-11-4-6-13-21(19)24/h3-14,23H,15H2,1-2H3,(H2,27,29)(H,28,30)/t23-/m0/s1. The van der Waals surface area contributed by atoms with E-state index in [2.05, 4.69) is 11.4 Å². The fourth-order valence-corrected chi connectivity index (χ4v) is 4.09. The zero-order valence-corrected chi connectivity index (χ0v) is 17.1. The SMILES string of the molecule is Cc1cccc(C)c1C[C@H](NC(=O)c1c2ccccc2cc2ccccc12)C(N)=O. The Morgan fingerprint density at radius 2 is 1.37 bits per heavy atom. The largest absolute Gasteiger partial charge is 0.368 e. The number of rotatable bonds is 5. The molecular weight excluding hydrogens is 372 g/mol. The molecule has 0 heterocycles. The van der Waals surface area contributed by atoms with Crippen molar-refractivity contribution in [3.8, 4) is 0 Å². The summed E-state index contributed by atoms with van der Waals surface area (Å²) in [6, 6.07) is 22.8. The van der Waals surface area contributed by atoms with Crippen molar-refractivity contribution >= 4 is 33.4 Å². The maximum atomic E-state index is 13.4. The van der Waals surface area contributed by atoms with E-state index in [1.165, 1.54) is 0 Å². The summed E-state index contributed by atoms with van der Waals surface area (Å²) in [6.07, 6.45) is 0.363. The summed E-state index contributed by atoms with van der Waals surface area (Å²) in [6.45, 7) is 4.00. The highest BCUT2D eigenvalue weighted by Crippen LogP contribution is 2.28. The van der Waals surface area contributed by atoms with Gasteiger partial charge in [-0.15, -0.1) is 0 Å². The molecule has 1 atom stereocenters. The van der Waals surface area contributed by atoms with E-state index in [1.807, 2.05) is 80.6 Å². The lowest BCUT2D eigenvalue weighted by molar-refractivity contribution is -0.119. The molecule has 0 bridgehead atoms. The van der Waals surface area contributed by atoms with Gasteiger partial charge in [0.1, 0.15) is 6.04 Å². The van der Waals surface area contributed by atoms with E-state index < -0.39 is 11.9 Å². The normalized spacial score (nSPS) is 12.1. The van der Waals surface area contributed by atoms with Crippen molar-refractivity contribution < 1.29 is 9.59 Å². The van der Waals surface area contributed by atoms with Gasteiger partial charge in [0.2, 0.25) is 5.91 Å². The van der Waals surface area contributed by atoms with Gasteiger partial charge in [0.05, 0.1) is 5.56 Å². The zero-order valence-electron chi connectivity index (χ0n) is 17.1. The minimum atomic E-state index is -0.796. The van der Waals surface area contributed by atoms with Crippen LogP contribution in [0.1, 0.15) is 27.0 Å². The third-order valence-electron chi connectivity index (χ3n) is 5.70. The number of amides is 2. The number of fused-ring (bicyclic) bond motifs is 2. The summed E-state index contributed by atoms with van der Waals surface area (Å²) in [5.41, 5.74) is 9.43. The number of hydrogen-bond donors (Lipinski definition) is 2. The van der Waals surface area contributed by atoms with Crippen LogP contribution in [0.5, 0.6) is 0 Å². The predicted molar refractivity (Wildman–Crippen MR) is 122 cm³/mol. The molecule has 0 radical (unpaired) electrons. The number of aryl methyl sites for hydroxylation is 2. The van der Waals surface area contributed by atoms with Crippen molar-refractivity contribution in [1.29, 1.82) is 0 Å². The third kappa shape index (κ3) is 3.64. The van der Waals surface area contributed by atoms with Crippen LogP contribution in [0.4, 0.5) is 0 Å². The van der Waals surface area contributed by atoms with E-state index in [-0.39, 0.29) is 5.91 Å². The monoisotopic (exact) mass is 396 g/mol. The Labute approximate surface area is 175 Å². The summed E-state index contributed by atoms with van der Waals surface area (Å²) in [4.78, 5) is 25.7. The number of nitrogens with two attached hydrogens (primary N) is 1. The first-order chi connectivity index (χ1) is 14.5. The first-order valence-corrected chi connectivity index (χ1v) is 10.0. The number of nitrogens with one attached hydrogen (secondary N) is 1. The average molecular weight is 396 g/mol. The molecule has 2 amide bonds. The van der Waals surface area contributed by atoms with Gasteiger partial charge in [0.15, 0.2) is 0 Å². The number of hydrogen-bond acceptors (Lipinski definition) is 2. The topological polar surface area (TPSA) is 72.2 Å². The molecule has 0 fully saturated rings. The van der Waals surface area contributed by atoms with Crippen LogP contribution in [0.25, 0.3) is 21.5 Å². The van der Waals surface area contributed by atoms with Crippen molar-refractivity contribution in [3.63, 3.8) is 0 Å². The van der Waals surface area contributed by atoms with E-state index in [0.717, 1.165) is 38.2 Å². The molecule has 0 aliphatic heterocycles. The number of carbonyl (C=O) groups excluding carboxylic acids is 2. The van der Waals surface area contributed by atoms with Gasteiger partial charge in [0, 0.05) is 6.42 Å². The summed E-state index contributed by atoms with van der Waals surface area (Å²) in [7, 11) is 0. The van der Waals surface area contributed by atoms with Gasteiger partial charge in [-0.1, -0.05) is 66.7 Å². The summed E-state index contributed by atoms with van der Waals surface area (Å²) < 4.78 is 0. The second-order valence-electron chi connectivity index (χ2n) is 7.70. The lowest BCUT2D eigenvalue weighted by Gasteiger charge is -2.19. The van der Waals surface area contributed by atoms with Crippen molar-refractivity contribution in [2.45, 2.75) is 26.3 Å². The molecule has 0 aliphatic carbocycles. The Balaban J connectivity index is 1.76. The molecular formula is C26H24N2O2. The van der Waals surface area contributed by atoms with E-state index in [9.17, 15) is 9.59 Å². The molecule has 4 aromatic carbocycles. The Bertz CT molecular complexity index is 1200. The molecule has 4 nitrogen and oxygen atoms in total. The smallest absolute Gasteiger partial charge is 0.253 e. The van der Waals surface area contributed by atoms with Crippen molar-refractivity contribution in [3.05, 3.63) is 95.1 Å². The molecule has 30 heavy (non-hydrogen) atoms. The van der Waals surface area contributed by atoms with Gasteiger partial charge in [-0.25, -0.2) is 0 Å². The van der Waals surface area contributed by atoms with Crippen LogP contribution in [0.3, 0.4) is 0 Å². The number of benzene rings is 4.